The van der Waals surface area contributed by atoms with Crippen molar-refractivity contribution in [3.8, 4) is 0 Å². The van der Waals surface area contributed by atoms with E-state index >= 15 is 0 Å². The molecule has 4 rings (SSSR count). The van der Waals surface area contributed by atoms with E-state index in [-0.39, 0.29) is 5.91 Å². The Morgan fingerprint density at radius 1 is 1.14 bits per heavy atom. The molecule has 0 bridgehead atoms. The van der Waals surface area contributed by atoms with Gasteiger partial charge in [-0.05, 0) is 48.2 Å². The van der Waals surface area contributed by atoms with Crippen LogP contribution in [0.5, 0.6) is 0 Å². The van der Waals surface area contributed by atoms with Crippen LogP contribution in [-0.2, 0) is 5.75 Å². The van der Waals surface area contributed by atoms with E-state index in [1.54, 1.807) is 29.7 Å². The standard InChI is InChI=1S/C20H17N5OS2/c1-27-16-7-5-15(6-8-16)24-19(26)14-4-2-3-13(9-14)11-28-20-17-10-23-25-18(17)21-12-22-20/h2-10,12H,11H2,1H3,(H,24,26)(H,21,22,23,25). The van der Waals surface area contributed by atoms with Crippen molar-refractivity contribution in [3.63, 3.8) is 0 Å². The number of anilines is 1. The third-order valence-corrected chi connectivity index (χ3v) is 5.94. The molecule has 0 aliphatic carbocycles. The van der Waals surface area contributed by atoms with Crippen LogP contribution in [0.1, 0.15) is 15.9 Å². The average molecular weight is 408 g/mol. The van der Waals surface area contributed by atoms with Gasteiger partial charge in [0.1, 0.15) is 11.4 Å². The first-order chi connectivity index (χ1) is 13.7. The highest BCUT2D eigenvalue weighted by molar-refractivity contribution is 7.98. The highest BCUT2D eigenvalue weighted by atomic mass is 32.2. The summed E-state index contributed by atoms with van der Waals surface area (Å²) in [7, 11) is 0. The van der Waals surface area contributed by atoms with Crippen LogP contribution >= 0.6 is 23.5 Å². The molecule has 2 aromatic heterocycles. The zero-order valence-corrected chi connectivity index (χ0v) is 16.7. The number of nitrogens with zero attached hydrogens (tertiary/aromatic N) is 3. The lowest BCUT2D eigenvalue weighted by atomic mass is 10.1. The number of aromatic nitrogens is 4. The van der Waals surface area contributed by atoms with Gasteiger partial charge in [0, 0.05) is 21.9 Å². The minimum absolute atomic E-state index is 0.122. The normalized spacial score (nSPS) is 10.9. The molecule has 2 aromatic carbocycles. The van der Waals surface area contributed by atoms with Crippen molar-refractivity contribution >= 4 is 46.2 Å². The summed E-state index contributed by atoms with van der Waals surface area (Å²) in [5.74, 6) is 0.573. The summed E-state index contributed by atoms with van der Waals surface area (Å²) in [4.78, 5) is 22.2. The molecule has 28 heavy (non-hydrogen) atoms. The van der Waals surface area contributed by atoms with Gasteiger partial charge in [-0.25, -0.2) is 9.97 Å². The van der Waals surface area contributed by atoms with Gasteiger partial charge >= 0.3 is 0 Å². The largest absolute Gasteiger partial charge is 0.322 e. The molecule has 0 aliphatic heterocycles. The number of benzene rings is 2. The number of hydrogen-bond donors (Lipinski definition) is 2. The maximum absolute atomic E-state index is 12.6. The second-order valence-electron chi connectivity index (χ2n) is 5.98. The van der Waals surface area contributed by atoms with Crippen LogP contribution in [0.25, 0.3) is 11.0 Å². The van der Waals surface area contributed by atoms with Crippen LogP contribution in [0.3, 0.4) is 0 Å². The predicted octanol–water partition coefficient (Wildman–Crippen LogP) is 4.62. The zero-order chi connectivity index (χ0) is 19.3. The van der Waals surface area contributed by atoms with Gasteiger partial charge in [0.15, 0.2) is 5.65 Å². The number of aromatic amines is 1. The fraction of sp³-hybridized carbons (Fsp3) is 0.100. The molecule has 0 radical (unpaired) electrons. The first-order valence-corrected chi connectivity index (χ1v) is 10.8. The molecular formula is C20H17N5OS2. The Morgan fingerprint density at radius 3 is 2.82 bits per heavy atom. The number of thioether (sulfide) groups is 2. The molecule has 0 unspecified atom stereocenters. The van der Waals surface area contributed by atoms with Crippen LogP contribution in [-0.4, -0.2) is 32.3 Å². The molecule has 4 aromatic rings. The van der Waals surface area contributed by atoms with E-state index in [0.717, 1.165) is 32.2 Å². The molecule has 0 spiro atoms. The van der Waals surface area contributed by atoms with Gasteiger partial charge in [-0.1, -0.05) is 12.1 Å². The summed E-state index contributed by atoms with van der Waals surface area (Å²) in [6, 6.07) is 15.4. The second kappa shape index (κ2) is 8.45. The first kappa shape index (κ1) is 18.5. The molecule has 0 saturated heterocycles. The number of hydrogen-bond acceptors (Lipinski definition) is 6. The monoisotopic (exact) mass is 407 g/mol. The molecule has 1 amide bonds. The molecule has 8 heteroatoms. The lowest BCUT2D eigenvalue weighted by Crippen LogP contribution is -2.12. The van der Waals surface area contributed by atoms with E-state index in [0.29, 0.717) is 11.3 Å². The maximum atomic E-state index is 12.6. The van der Waals surface area contributed by atoms with Crippen LogP contribution < -0.4 is 5.32 Å². The van der Waals surface area contributed by atoms with Crippen LogP contribution in [0.4, 0.5) is 5.69 Å². The molecule has 2 heterocycles. The van der Waals surface area contributed by atoms with Crippen LogP contribution in [0, 0.1) is 0 Å². The number of H-pyrrole nitrogens is 1. The van der Waals surface area contributed by atoms with Crippen molar-refractivity contribution in [2.45, 2.75) is 15.7 Å². The number of amides is 1. The Bertz CT molecular complexity index is 1110. The third-order valence-electron chi connectivity index (χ3n) is 4.12. The lowest BCUT2D eigenvalue weighted by molar-refractivity contribution is 0.102. The van der Waals surface area contributed by atoms with E-state index < -0.39 is 0 Å². The number of nitrogens with one attached hydrogen (secondary N) is 2. The van der Waals surface area contributed by atoms with E-state index in [4.69, 9.17) is 0 Å². The van der Waals surface area contributed by atoms with Gasteiger partial charge in [-0.15, -0.1) is 23.5 Å². The summed E-state index contributed by atoms with van der Waals surface area (Å²) in [6.07, 6.45) is 5.27. The number of carbonyl (C=O) groups excluding carboxylic acids is 1. The summed E-state index contributed by atoms with van der Waals surface area (Å²) >= 11 is 3.26. The van der Waals surface area contributed by atoms with E-state index in [1.807, 2.05) is 54.8 Å². The van der Waals surface area contributed by atoms with Crippen molar-refractivity contribution in [2.75, 3.05) is 11.6 Å². The number of fused-ring (bicyclic) bond motifs is 1. The first-order valence-electron chi connectivity index (χ1n) is 8.54. The highest BCUT2D eigenvalue weighted by Gasteiger charge is 2.09. The molecular weight excluding hydrogens is 390 g/mol. The molecule has 0 atom stereocenters. The highest BCUT2D eigenvalue weighted by Crippen LogP contribution is 2.26. The van der Waals surface area contributed by atoms with E-state index in [2.05, 4.69) is 25.5 Å². The minimum Gasteiger partial charge on any atom is -0.322 e. The van der Waals surface area contributed by atoms with Gasteiger partial charge in [-0.2, -0.15) is 5.10 Å². The fourth-order valence-electron chi connectivity index (χ4n) is 2.69. The Morgan fingerprint density at radius 2 is 2.00 bits per heavy atom. The second-order valence-corrected chi connectivity index (χ2v) is 7.83. The molecule has 140 valence electrons. The SMILES string of the molecule is CSc1ccc(NC(=O)c2cccc(CSc3ncnc4[nH]ncc34)c2)cc1. The van der Waals surface area contributed by atoms with Crippen molar-refractivity contribution in [3.05, 3.63) is 72.2 Å². The number of rotatable bonds is 6. The fourth-order valence-corrected chi connectivity index (χ4v) is 4.01. The van der Waals surface area contributed by atoms with Crippen molar-refractivity contribution in [1.82, 2.24) is 20.2 Å². The zero-order valence-electron chi connectivity index (χ0n) is 15.0. The summed E-state index contributed by atoms with van der Waals surface area (Å²) < 4.78 is 0. The van der Waals surface area contributed by atoms with Gasteiger partial charge in [0.2, 0.25) is 0 Å². The van der Waals surface area contributed by atoms with Gasteiger partial charge in [-0.3, -0.25) is 9.89 Å². The molecule has 0 saturated carbocycles. The summed E-state index contributed by atoms with van der Waals surface area (Å²) in [6.45, 7) is 0. The van der Waals surface area contributed by atoms with Crippen LogP contribution in [0.2, 0.25) is 0 Å². The Kier molecular flexibility index (Phi) is 5.59. The topological polar surface area (TPSA) is 83.6 Å². The third kappa shape index (κ3) is 4.18. The van der Waals surface area contributed by atoms with E-state index in [1.165, 1.54) is 6.33 Å². The molecule has 6 nitrogen and oxygen atoms in total. The van der Waals surface area contributed by atoms with E-state index in [9.17, 15) is 4.79 Å². The van der Waals surface area contributed by atoms with Gasteiger partial charge in [0.05, 0.1) is 11.6 Å². The van der Waals surface area contributed by atoms with Gasteiger partial charge in [0.25, 0.3) is 5.91 Å². The average Bonchev–Trinajstić information content (AvgIpc) is 3.22. The maximum Gasteiger partial charge on any atom is 0.255 e. The molecule has 0 fully saturated rings. The Labute approximate surface area is 170 Å². The quantitative estimate of drug-likeness (QED) is 0.358. The predicted molar refractivity (Wildman–Crippen MR) is 114 cm³/mol. The minimum atomic E-state index is -0.122. The number of carbonyl (C=O) groups is 1. The molecule has 2 N–H and O–H groups in total. The van der Waals surface area contributed by atoms with Gasteiger partial charge < -0.3 is 5.32 Å². The van der Waals surface area contributed by atoms with Crippen LogP contribution in [0.15, 0.2) is 71.0 Å². The molecule has 0 aliphatic rings. The lowest BCUT2D eigenvalue weighted by Gasteiger charge is -2.08. The summed E-state index contributed by atoms with van der Waals surface area (Å²) in [5.41, 5.74) is 3.18. The summed E-state index contributed by atoms with van der Waals surface area (Å²) in [5, 5.41) is 11.6. The van der Waals surface area contributed by atoms with Crippen molar-refractivity contribution in [1.29, 1.82) is 0 Å². The Hall–Kier alpha value is -2.84. The van der Waals surface area contributed by atoms with Crippen molar-refractivity contribution in [2.24, 2.45) is 0 Å². The Balaban J connectivity index is 1.44. The smallest absolute Gasteiger partial charge is 0.255 e. The van der Waals surface area contributed by atoms with Crippen molar-refractivity contribution < 1.29 is 4.79 Å².